The Morgan fingerprint density at radius 3 is 2.62 bits per heavy atom. The minimum Gasteiger partial charge on any atom is -0.484 e. The van der Waals surface area contributed by atoms with Gasteiger partial charge in [0.25, 0.3) is 0 Å². The number of nitrogens with zero attached hydrogens (tertiary/aromatic N) is 3. The molecule has 0 radical (unpaired) electrons. The maximum absolute atomic E-state index is 13.1. The summed E-state index contributed by atoms with van der Waals surface area (Å²) in [7, 11) is 0. The molecular weight excluding hydrogens is 448 g/mol. The fraction of sp³-hybridized carbons (Fsp3) is 0.391. The highest BCUT2D eigenvalue weighted by Gasteiger charge is 2.32. The number of nitrogens with one attached hydrogen (secondary N) is 1. The van der Waals surface area contributed by atoms with Gasteiger partial charge in [0.05, 0.1) is 16.0 Å². The molecule has 0 spiro atoms. The molecule has 1 N–H and O–H groups in total. The van der Waals surface area contributed by atoms with Crippen LogP contribution < -0.4 is 4.74 Å². The Labute approximate surface area is 195 Å². The van der Waals surface area contributed by atoms with Crippen LogP contribution in [0, 0.1) is 13.8 Å². The van der Waals surface area contributed by atoms with Gasteiger partial charge in [0.2, 0.25) is 0 Å². The normalized spacial score (nSPS) is 14.4. The van der Waals surface area contributed by atoms with Crippen molar-refractivity contribution >= 4 is 34.9 Å². The Morgan fingerprint density at radius 1 is 1.28 bits per heavy atom. The van der Waals surface area contributed by atoms with Gasteiger partial charge in [0, 0.05) is 17.3 Å². The molecule has 1 unspecified atom stereocenters. The number of aryl methyl sites for hydroxylation is 1. The molecule has 0 bridgehead atoms. The Bertz CT molecular complexity index is 1180. The molecule has 4 rings (SSSR count). The van der Waals surface area contributed by atoms with E-state index < -0.39 is 5.25 Å². The molecule has 1 aliphatic rings. The minimum absolute atomic E-state index is 0.0488. The van der Waals surface area contributed by atoms with E-state index >= 15 is 0 Å². The molecule has 1 saturated carbocycles. The van der Waals surface area contributed by atoms with E-state index in [0.717, 1.165) is 18.5 Å². The molecule has 9 heteroatoms. The van der Waals surface area contributed by atoms with Crippen LogP contribution in [0.15, 0.2) is 29.4 Å². The smallest absolute Gasteiger partial charge is 0.192 e. The van der Waals surface area contributed by atoms with Gasteiger partial charge in [0.15, 0.2) is 22.5 Å². The second-order valence-corrected chi connectivity index (χ2v) is 9.74. The topological polar surface area (TPSA) is 89.9 Å². The van der Waals surface area contributed by atoms with Crippen molar-refractivity contribution in [1.29, 1.82) is 0 Å². The first-order valence-corrected chi connectivity index (χ1v) is 11.8. The van der Waals surface area contributed by atoms with E-state index in [4.69, 9.17) is 16.3 Å². The summed E-state index contributed by atoms with van der Waals surface area (Å²) >= 11 is 7.56. The van der Waals surface area contributed by atoms with Gasteiger partial charge in [0.1, 0.15) is 12.4 Å². The van der Waals surface area contributed by atoms with Crippen LogP contribution in [0.4, 0.5) is 0 Å². The average Bonchev–Trinajstić information content (AvgIpc) is 3.44. The summed E-state index contributed by atoms with van der Waals surface area (Å²) in [4.78, 5) is 28.2. The lowest BCUT2D eigenvalue weighted by molar-refractivity contribution is 0.0988. The molecule has 1 aromatic carbocycles. The number of aromatic nitrogens is 4. The molecule has 1 fully saturated rings. The predicted octanol–water partition coefficient (Wildman–Crippen LogP) is 5.36. The summed E-state index contributed by atoms with van der Waals surface area (Å²) in [5.74, 6) is 1.19. The van der Waals surface area contributed by atoms with Gasteiger partial charge in [-0.05, 0) is 58.2 Å². The monoisotopic (exact) mass is 472 g/mol. The zero-order valence-corrected chi connectivity index (χ0v) is 20.0. The van der Waals surface area contributed by atoms with Crippen LogP contribution in [0.25, 0.3) is 0 Å². The lowest BCUT2D eigenvalue weighted by Gasteiger charge is -2.13. The highest BCUT2D eigenvalue weighted by molar-refractivity contribution is 8.00. The third-order valence-corrected chi connectivity index (χ3v) is 6.90. The highest BCUT2D eigenvalue weighted by Crippen LogP contribution is 2.40. The number of benzene rings is 1. The van der Waals surface area contributed by atoms with Crippen LogP contribution in [-0.4, -0.2) is 36.6 Å². The van der Waals surface area contributed by atoms with Crippen molar-refractivity contribution in [3.05, 3.63) is 57.6 Å². The fourth-order valence-corrected chi connectivity index (χ4v) is 5.02. The number of ketones is 2. The molecular formula is C23H25ClN4O3S. The van der Waals surface area contributed by atoms with Crippen LogP contribution >= 0.6 is 23.4 Å². The number of halogens is 1. The molecule has 1 atom stereocenters. The molecule has 168 valence electrons. The van der Waals surface area contributed by atoms with Crippen molar-refractivity contribution in [2.75, 3.05) is 0 Å². The number of para-hydroxylation sites is 1. The second-order valence-electron chi connectivity index (χ2n) is 8.02. The van der Waals surface area contributed by atoms with Gasteiger partial charge in [-0.1, -0.05) is 35.5 Å². The Kier molecular flexibility index (Phi) is 6.44. The van der Waals surface area contributed by atoms with Crippen LogP contribution in [-0.2, 0) is 6.61 Å². The standard InChI is InChI=1S/C23H25ClN4O3S/c1-12-20(14(3)29)13(2)25-21(12)22(30)15(4)32-23-27-26-19(28(23)16-9-10-16)11-31-18-8-6-5-7-17(18)24/h5-8,15-16,25H,9-11H2,1-4H3. The first-order valence-electron chi connectivity index (χ1n) is 10.5. The van der Waals surface area contributed by atoms with Crippen LogP contribution in [0.2, 0.25) is 5.02 Å². The maximum atomic E-state index is 13.1. The van der Waals surface area contributed by atoms with Gasteiger partial charge < -0.3 is 9.72 Å². The van der Waals surface area contributed by atoms with Gasteiger partial charge in [-0.3, -0.25) is 14.2 Å². The lowest BCUT2D eigenvalue weighted by atomic mass is 10.0. The van der Waals surface area contributed by atoms with Gasteiger partial charge in [-0.25, -0.2) is 0 Å². The Balaban J connectivity index is 1.52. The summed E-state index contributed by atoms with van der Waals surface area (Å²) in [6.45, 7) is 7.23. The van der Waals surface area contributed by atoms with Crippen molar-refractivity contribution in [2.45, 2.75) is 63.6 Å². The summed E-state index contributed by atoms with van der Waals surface area (Å²) in [6, 6.07) is 7.62. The summed E-state index contributed by atoms with van der Waals surface area (Å²) in [6.07, 6.45) is 2.09. The number of carbonyl (C=O) groups is 2. The minimum atomic E-state index is -0.398. The van der Waals surface area contributed by atoms with E-state index in [1.807, 2.05) is 39.0 Å². The van der Waals surface area contributed by atoms with E-state index in [-0.39, 0.29) is 18.2 Å². The predicted molar refractivity (Wildman–Crippen MR) is 124 cm³/mol. The van der Waals surface area contributed by atoms with Gasteiger partial charge >= 0.3 is 0 Å². The molecule has 2 aromatic heterocycles. The number of thioether (sulfide) groups is 1. The zero-order chi connectivity index (χ0) is 23.0. The van der Waals surface area contributed by atoms with E-state index in [2.05, 4.69) is 19.7 Å². The van der Waals surface area contributed by atoms with Crippen molar-refractivity contribution < 1.29 is 14.3 Å². The SMILES string of the molecule is CC(=O)c1c(C)[nH]c(C(=O)C(C)Sc2nnc(COc3ccccc3Cl)n2C2CC2)c1C. The number of carbonyl (C=O) groups excluding carboxylic acids is 2. The largest absolute Gasteiger partial charge is 0.484 e. The van der Waals surface area contributed by atoms with Gasteiger partial charge in [-0.15, -0.1) is 10.2 Å². The van der Waals surface area contributed by atoms with Crippen molar-refractivity contribution in [2.24, 2.45) is 0 Å². The molecule has 32 heavy (non-hydrogen) atoms. The van der Waals surface area contributed by atoms with Crippen molar-refractivity contribution in [3.8, 4) is 5.75 Å². The highest BCUT2D eigenvalue weighted by atomic mass is 35.5. The van der Waals surface area contributed by atoms with Crippen molar-refractivity contribution in [1.82, 2.24) is 19.7 Å². The number of hydrogen-bond acceptors (Lipinski definition) is 6. The van der Waals surface area contributed by atoms with E-state index in [1.54, 1.807) is 6.07 Å². The number of rotatable bonds is 9. The molecule has 3 aromatic rings. The number of ether oxygens (including phenoxy) is 1. The third kappa shape index (κ3) is 4.47. The molecule has 7 nitrogen and oxygen atoms in total. The third-order valence-electron chi connectivity index (χ3n) is 5.53. The summed E-state index contributed by atoms with van der Waals surface area (Å²) in [5, 5.41) is 9.51. The van der Waals surface area contributed by atoms with E-state index in [9.17, 15) is 9.59 Å². The lowest BCUT2D eigenvalue weighted by Crippen LogP contribution is -2.17. The number of H-pyrrole nitrogens is 1. The van der Waals surface area contributed by atoms with E-state index in [0.29, 0.717) is 44.6 Å². The second kappa shape index (κ2) is 9.11. The van der Waals surface area contributed by atoms with Gasteiger partial charge in [-0.2, -0.15) is 0 Å². The Hall–Kier alpha value is -2.58. The quantitative estimate of drug-likeness (QED) is 0.333. The number of aromatic amines is 1. The maximum Gasteiger partial charge on any atom is 0.192 e. The van der Waals surface area contributed by atoms with Crippen LogP contribution in [0.5, 0.6) is 5.75 Å². The molecule has 2 heterocycles. The molecule has 0 amide bonds. The first-order chi connectivity index (χ1) is 15.3. The summed E-state index contributed by atoms with van der Waals surface area (Å²) in [5.41, 5.74) is 2.49. The first kappa shape index (κ1) is 22.6. The van der Waals surface area contributed by atoms with Crippen LogP contribution in [0.3, 0.4) is 0 Å². The molecule has 0 saturated heterocycles. The average molecular weight is 473 g/mol. The molecule has 0 aliphatic heterocycles. The van der Waals surface area contributed by atoms with Crippen LogP contribution in [0.1, 0.15) is 70.7 Å². The number of Topliss-reactive ketones (excluding diaryl/α,β-unsaturated/α-hetero) is 2. The Morgan fingerprint density at radius 2 is 2.00 bits per heavy atom. The zero-order valence-electron chi connectivity index (χ0n) is 18.4. The fourth-order valence-electron chi connectivity index (χ4n) is 3.83. The number of hydrogen-bond donors (Lipinski definition) is 1. The van der Waals surface area contributed by atoms with Crippen molar-refractivity contribution in [3.63, 3.8) is 0 Å². The molecule has 1 aliphatic carbocycles. The summed E-state index contributed by atoms with van der Waals surface area (Å²) < 4.78 is 7.93. The van der Waals surface area contributed by atoms with E-state index in [1.165, 1.54) is 18.7 Å².